The summed E-state index contributed by atoms with van der Waals surface area (Å²) in [5, 5.41) is 15.6. The minimum Gasteiger partial charge on any atom is -0.460 e. The molecule has 0 bridgehead atoms. The highest BCUT2D eigenvalue weighted by Gasteiger charge is 2.36. The first-order chi connectivity index (χ1) is 13.2. The normalized spacial score (nSPS) is 18.6. The average Bonchev–Trinajstić information content (AvgIpc) is 3.02. The van der Waals surface area contributed by atoms with Gasteiger partial charge in [0.1, 0.15) is 17.4 Å². The number of nitrogens with zero attached hydrogens (tertiary/aromatic N) is 2. The predicted molar refractivity (Wildman–Crippen MR) is 101 cm³/mol. The highest BCUT2D eigenvalue weighted by atomic mass is 16.7. The molecule has 0 aromatic heterocycles. The summed E-state index contributed by atoms with van der Waals surface area (Å²) in [6.45, 7) is 5.55. The number of carbonyl (C=O) groups excluding carboxylic acids is 2. The lowest BCUT2D eigenvalue weighted by Crippen LogP contribution is -2.37. The Balaban J connectivity index is 1.85. The van der Waals surface area contributed by atoms with Crippen molar-refractivity contribution in [2.45, 2.75) is 51.4 Å². The maximum absolute atomic E-state index is 12.2. The van der Waals surface area contributed by atoms with Gasteiger partial charge in [0.15, 0.2) is 6.10 Å². The Kier molecular flexibility index (Phi) is 7.12. The van der Waals surface area contributed by atoms with Gasteiger partial charge in [0, 0.05) is 19.2 Å². The van der Waals surface area contributed by atoms with E-state index in [1.807, 2.05) is 0 Å². The summed E-state index contributed by atoms with van der Waals surface area (Å²) in [6.07, 6.45) is -0.951. The second-order valence-corrected chi connectivity index (χ2v) is 7.36. The number of rotatable bonds is 7. The van der Waals surface area contributed by atoms with Gasteiger partial charge in [0.05, 0.1) is 24.5 Å². The van der Waals surface area contributed by atoms with E-state index < -0.39 is 17.8 Å². The topological polar surface area (TPSA) is 110 Å². The Morgan fingerprint density at radius 1 is 1.29 bits per heavy atom. The quantitative estimate of drug-likeness (QED) is 0.716. The van der Waals surface area contributed by atoms with Crippen molar-refractivity contribution in [2.24, 2.45) is 5.16 Å². The van der Waals surface area contributed by atoms with Crippen molar-refractivity contribution in [3.05, 3.63) is 35.4 Å². The molecule has 0 saturated heterocycles. The van der Waals surface area contributed by atoms with E-state index in [1.54, 1.807) is 45.0 Å². The molecule has 0 aliphatic carbocycles. The lowest BCUT2D eigenvalue weighted by molar-refractivity contribution is -0.154. The number of amides is 1. The van der Waals surface area contributed by atoms with Crippen molar-refractivity contribution >= 4 is 17.6 Å². The van der Waals surface area contributed by atoms with Gasteiger partial charge < -0.3 is 19.6 Å². The minimum atomic E-state index is -0.572. The Labute approximate surface area is 164 Å². The summed E-state index contributed by atoms with van der Waals surface area (Å²) in [5.74, 6) is -0.641. The van der Waals surface area contributed by atoms with Gasteiger partial charge in [-0.25, -0.2) is 0 Å². The van der Waals surface area contributed by atoms with Crippen LogP contribution in [0.2, 0.25) is 0 Å². The van der Waals surface area contributed by atoms with Crippen LogP contribution in [0, 0.1) is 11.3 Å². The lowest BCUT2D eigenvalue weighted by Gasteiger charge is -2.19. The first kappa shape index (κ1) is 21.4. The molecule has 1 amide bonds. The van der Waals surface area contributed by atoms with Crippen LogP contribution < -0.4 is 5.32 Å². The number of hydrogen-bond donors (Lipinski definition) is 1. The fraction of sp³-hybridized carbons (Fsp3) is 0.500. The third-order valence-corrected chi connectivity index (χ3v) is 3.92. The highest BCUT2D eigenvalue weighted by molar-refractivity contribution is 6.05. The van der Waals surface area contributed by atoms with E-state index in [0.29, 0.717) is 11.3 Å². The van der Waals surface area contributed by atoms with E-state index in [9.17, 15) is 9.59 Å². The summed E-state index contributed by atoms with van der Waals surface area (Å²) in [4.78, 5) is 29.2. The first-order valence-corrected chi connectivity index (χ1v) is 8.99. The fourth-order valence-electron chi connectivity index (χ4n) is 2.70. The number of benzene rings is 1. The van der Waals surface area contributed by atoms with E-state index in [0.717, 1.165) is 5.56 Å². The van der Waals surface area contributed by atoms with Gasteiger partial charge in [-0.15, -0.1) is 0 Å². The molecule has 1 aliphatic rings. The molecule has 2 rings (SSSR count). The number of esters is 1. The smallest absolute Gasteiger partial charge is 0.308 e. The third kappa shape index (κ3) is 6.06. The summed E-state index contributed by atoms with van der Waals surface area (Å²) < 4.78 is 10.7. The number of nitriles is 1. The van der Waals surface area contributed by atoms with E-state index >= 15 is 0 Å². The van der Waals surface area contributed by atoms with Crippen LogP contribution in [0.1, 0.15) is 44.7 Å². The van der Waals surface area contributed by atoms with Gasteiger partial charge in [-0.05, 0) is 32.9 Å². The van der Waals surface area contributed by atoms with Gasteiger partial charge in [0.2, 0.25) is 5.91 Å². The Hall–Kier alpha value is -2.92. The minimum absolute atomic E-state index is 0.0378. The molecule has 1 N–H and O–H groups in total. The predicted octanol–water partition coefficient (Wildman–Crippen LogP) is 1.91. The molecular formula is C20H25N3O5. The number of ether oxygens (including phenoxy) is 2. The molecule has 0 saturated carbocycles. The SMILES string of the molecule is CO[C@H]1C(c2ccc(C#N)cc2)=NO[C@H]1CC(=O)NCCC(=O)OC(C)(C)C. The zero-order chi connectivity index (χ0) is 20.7. The number of oxime groups is 1. The van der Waals surface area contributed by atoms with Crippen molar-refractivity contribution < 1.29 is 23.9 Å². The fourth-order valence-corrected chi connectivity index (χ4v) is 2.70. The van der Waals surface area contributed by atoms with Gasteiger partial charge in [0.25, 0.3) is 0 Å². The van der Waals surface area contributed by atoms with Gasteiger partial charge in [-0.1, -0.05) is 17.3 Å². The Morgan fingerprint density at radius 2 is 1.96 bits per heavy atom. The van der Waals surface area contributed by atoms with Crippen molar-refractivity contribution in [1.29, 1.82) is 5.26 Å². The van der Waals surface area contributed by atoms with E-state index in [2.05, 4.69) is 16.5 Å². The van der Waals surface area contributed by atoms with E-state index in [1.165, 1.54) is 7.11 Å². The molecule has 0 radical (unpaired) electrons. The molecular weight excluding hydrogens is 362 g/mol. The van der Waals surface area contributed by atoms with Crippen LogP contribution in [-0.4, -0.2) is 49.1 Å². The largest absolute Gasteiger partial charge is 0.460 e. The molecule has 0 spiro atoms. The molecule has 8 nitrogen and oxygen atoms in total. The monoisotopic (exact) mass is 387 g/mol. The van der Waals surface area contributed by atoms with Crippen LogP contribution >= 0.6 is 0 Å². The summed E-state index contributed by atoms with van der Waals surface area (Å²) in [5.41, 5.74) is 1.32. The summed E-state index contributed by atoms with van der Waals surface area (Å²) >= 11 is 0. The second-order valence-electron chi connectivity index (χ2n) is 7.36. The van der Waals surface area contributed by atoms with Crippen LogP contribution in [0.5, 0.6) is 0 Å². The lowest BCUT2D eigenvalue weighted by atomic mass is 9.99. The third-order valence-electron chi connectivity index (χ3n) is 3.92. The second kappa shape index (κ2) is 9.33. The molecule has 8 heteroatoms. The molecule has 1 aromatic carbocycles. The van der Waals surface area contributed by atoms with Crippen LogP contribution in [-0.2, 0) is 23.9 Å². The number of nitrogens with one attached hydrogen (secondary N) is 1. The van der Waals surface area contributed by atoms with E-state index in [4.69, 9.17) is 19.6 Å². The van der Waals surface area contributed by atoms with Crippen LogP contribution in [0.15, 0.2) is 29.4 Å². The van der Waals surface area contributed by atoms with Crippen LogP contribution in [0.4, 0.5) is 0 Å². The Morgan fingerprint density at radius 3 is 2.54 bits per heavy atom. The van der Waals surface area contributed by atoms with Crippen LogP contribution in [0.3, 0.4) is 0 Å². The molecule has 1 aliphatic heterocycles. The zero-order valence-electron chi connectivity index (χ0n) is 16.5. The Bertz CT molecular complexity index is 775. The van der Waals surface area contributed by atoms with Crippen LogP contribution in [0.25, 0.3) is 0 Å². The number of carbonyl (C=O) groups is 2. The van der Waals surface area contributed by atoms with E-state index in [-0.39, 0.29) is 31.3 Å². The molecule has 1 heterocycles. The summed E-state index contributed by atoms with van der Waals surface area (Å²) in [7, 11) is 1.52. The molecule has 1 aromatic rings. The van der Waals surface area contributed by atoms with Gasteiger partial charge >= 0.3 is 5.97 Å². The highest BCUT2D eigenvalue weighted by Crippen LogP contribution is 2.22. The summed E-state index contributed by atoms with van der Waals surface area (Å²) in [6, 6.07) is 8.94. The number of hydrogen-bond acceptors (Lipinski definition) is 7. The van der Waals surface area contributed by atoms with Crippen molar-refractivity contribution in [3.63, 3.8) is 0 Å². The molecule has 0 unspecified atom stereocenters. The van der Waals surface area contributed by atoms with Crippen molar-refractivity contribution in [3.8, 4) is 6.07 Å². The first-order valence-electron chi connectivity index (χ1n) is 8.99. The molecule has 2 atom stereocenters. The van der Waals surface area contributed by atoms with Gasteiger partial charge in [-0.3, -0.25) is 9.59 Å². The van der Waals surface area contributed by atoms with Gasteiger partial charge in [-0.2, -0.15) is 5.26 Å². The molecule has 28 heavy (non-hydrogen) atoms. The zero-order valence-corrected chi connectivity index (χ0v) is 16.5. The molecule has 0 fully saturated rings. The van der Waals surface area contributed by atoms with Crippen molar-refractivity contribution in [1.82, 2.24) is 5.32 Å². The maximum Gasteiger partial charge on any atom is 0.308 e. The average molecular weight is 387 g/mol. The number of methoxy groups -OCH3 is 1. The molecule has 150 valence electrons. The maximum atomic E-state index is 12.2. The van der Waals surface area contributed by atoms with Crippen molar-refractivity contribution in [2.75, 3.05) is 13.7 Å². The standard InChI is InChI=1S/C20H25N3O5/c1-20(2,3)27-17(25)9-10-22-16(24)11-15-19(26-4)18(23-28-15)14-7-5-13(12-21)6-8-14/h5-8,15,19H,9-11H2,1-4H3,(H,22,24)/t15-,19+/m0/s1.